The minimum atomic E-state index is -3.66. The molecule has 0 amide bonds. The summed E-state index contributed by atoms with van der Waals surface area (Å²) in [6, 6.07) is 4.80. The number of rotatable bonds is 6. The number of ether oxygens (including phenoxy) is 2. The summed E-state index contributed by atoms with van der Waals surface area (Å²) >= 11 is 0. The van der Waals surface area contributed by atoms with E-state index in [1.807, 2.05) is 6.92 Å². The average molecular weight is 297 g/mol. The van der Waals surface area contributed by atoms with Gasteiger partial charge in [-0.05, 0) is 19.1 Å². The largest absolute Gasteiger partial charge is 0.493 e. The van der Waals surface area contributed by atoms with Crippen LogP contribution in [-0.4, -0.2) is 32.3 Å². The van der Waals surface area contributed by atoms with Gasteiger partial charge in [0, 0.05) is 12.3 Å². The molecule has 1 heterocycles. The molecule has 0 radical (unpaired) electrons. The number of anilines is 1. The van der Waals surface area contributed by atoms with E-state index in [0.717, 1.165) is 0 Å². The van der Waals surface area contributed by atoms with E-state index in [1.54, 1.807) is 18.2 Å². The molecule has 0 atom stereocenters. The van der Waals surface area contributed by atoms with Crippen LogP contribution in [0.4, 0.5) is 5.69 Å². The van der Waals surface area contributed by atoms with Crippen LogP contribution in [0.3, 0.4) is 0 Å². The molecule has 0 fully saturated rings. The lowest BCUT2D eigenvalue weighted by atomic mass is 10.3. The van der Waals surface area contributed by atoms with Crippen LogP contribution in [0.25, 0.3) is 0 Å². The SMILES string of the molecule is CCOc1cc(NS(=O)(=O)c2cn[nH]c2)ccc1OC. The summed E-state index contributed by atoms with van der Waals surface area (Å²) in [6.45, 7) is 2.29. The van der Waals surface area contributed by atoms with Gasteiger partial charge in [-0.25, -0.2) is 8.42 Å². The summed E-state index contributed by atoms with van der Waals surface area (Å²) in [5.41, 5.74) is 0.385. The number of sulfonamides is 1. The van der Waals surface area contributed by atoms with E-state index in [-0.39, 0.29) is 4.90 Å². The van der Waals surface area contributed by atoms with Crippen LogP contribution in [0, 0.1) is 0 Å². The fourth-order valence-electron chi connectivity index (χ4n) is 1.61. The predicted octanol–water partition coefficient (Wildman–Crippen LogP) is 1.62. The van der Waals surface area contributed by atoms with E-state index >= 15 is 0 Å². The lowest BCUT2D eigenvalue weighted by Gasteiger charge is -2.12. The lowest BCUT2D eigenvalue weighted by molar-refractivity contribution is 0.311. The van der Waals surface area contributed by atoms with Gasteiger partial charge in [0.15, 0.2) is 11.5 Å². The molecule has 0 saturated heterocycles. The summed E-state index contributed by atoms with van der Waals surface area (Å²) in [5.74, 6) is 1.01. The van der Waals surface area contributed by atoms with Crippen LogP contribution in [0.15, 0.2) is 35.5 Å². The number of nitrogens with one attached hydrogen (secondary N) is 2. The molecule has 2 rings (SSSR count). The van der Waals surface area contributed by atoms with Crippen LogP contribution in [0.1, 0.15) is 6.92 Å². The maximum absolute atomic E-state index is 12.0. The number of nitrogens with zero attached hydrogens (tertiary/aromatic N) is 1. The predicted molar refractivity (Wildman–Crippen MR) is 73.6 cm³/mol. The number of methoxy groups -OCH3 is 1. The minimum absolute atomic E-state index is 0.0614. The highest BCUT2D eigenvalue weighted by Crippen LogP contribution is 2.31. The van der Waals surface area contributed by atoms with Crippen molar-refractivity contribution in [3.63, 3.8) is 0 Å². The third-order valence-corrected chi connectivity index (χ3v) is 3.85. The van der Waals surface area contributed by atoms with Gasteiger partial charge in [0.05, 0.1) is 25.6 Å². The zero-order valence-electron chi connectivity index (χ0n) is 11.1. The van der Waals surface area contributed by atoms with Crippen molar-refractivity contribution in [1.29, 1.82) is 0 Å². The van der Waals surface area contributed by atoms with Crippen molar-refractivity contribution < 1.29 is 17.9 Å². The molecule has 0 unspecified atom stereocenters. The molecule has 7 nitrogen and oxygen atoms in total. The Labute approximate surface area is 117 Å². The highest BCUT2D eigenvalue weighted by molar-refractivity contribution is 7.92. The molecule has 2 aromatic rings. The van der Waals surface area contributed by atoms with Gasteiger partial charge in [-0.3, -0.25) is 9.82 Å². The van der Waals surface area contributed by atoms with Gasteiger partial charge in [0.1, 0.15) is 4.90 Å². The highest BCUT2D eigenvalue weighted by Gasteiger charge is 2.16. The van der Waals surface area contributed by atoms with Crippen molar-refractivity contribution in [2.45, 2.75) is 11.8 Å². The summed E-state index contributed by atoms with van der Waals surface area (Å²) in [4.78, 5) is 0.0614. The second-order valence-corrected chi connectivity index (χ2v) is 5.52. The van der Waals surface area contributed by atoms with Gasteiger partial charge in [-0.2, -0.15) is 5.10 Å². The number of H-pyrrole nitrogens is 1. The van der Waals surface area contributed by atoms with Gasteiger partial charge >= 0.3 is 0 Å². The summed E-state index contributed by atoms with van der Waals surface area (Å²) in [5, 5.41) is 6.07. The number of benzene rings is 1. The van der Waals surface area contributed by atoms with Crippen molar-refractivity contribution in [3.8, 4) is 11.5 Å². The van der Waals surface area contributed by atoms with E-state index in [2.05, 4.69) is 14.9 Å². The number of aromatic amines is 1. The molecule has 0 aliphatic carbocycles. The maximum Gasteiger partial charge on any atom is 0.265 e. The molecule has 0 saturated carbocycles. The monoisotopic (exact) mass is 297 g/mol. The molecule has 20 heavy (non-hydrogen) atoms. The molecular formula is C12H15N3O4S. The smallest absolute Gasteiger partial charge is 0.265 e. The van der Waals surface area contributed by atoms with Crippen LogP contribution >= 0.6 is 0 Å². The first kappa shape index (κ1) is 14.2. The molecule has 2 N–H and O–H groups in total. The highest BCUT2D eigenvalue weighted by atomic mass is 32.2. The maximum atomic E-state index is 12.0. The van der Waals surface area contributed by atoms with Crippen molar-refractivity contribution >= 4 is 15.7 Å². The fraction of sp³-hybridized carbons (Fsp3) is 0.250. The Morgan fingerprint density at radius 2 is 2.15 bits per heavy atom. The number of hydrogen-bond acceptors (Lipinski definition) is 5. The lowest BCUT2D eigenvalue weighted by Crippen LogP contribution is -2.12. The van der Waals surface area contributed by atoms with Gasteiger partial charge in [-0.15, -0.1) is 0 Å². The molecule has 0 spiro atoms. The van der Waals surface area contributed by atoms with Crippen LogP contribution in [-0.2, 0) is 10.0 Å². The van der Waals surface area contributed by atoms with Crippen molar-refractivity contribution in [1.82, 2.24) is 10.2 Å². The quantitative estimate of drug-likeness (QED) is 0.845. The first-order valence-electron chi connectivity index (χ1n) is 5.89. The summed E-state index contributed by atoms with van der Waals surface area (Å²) in [6.07, 6.45) is 2.53. The average Bonchev–Trinajstić information content (AvgIpc) is 2.94. The molecule has 8 heteroatoms. The van der Waals surface area contributed by atoms with Crippen molar-refractivity contribution in [2.24, 2.45) is 0 Å². The fourth-order valence-corrected chi connectivity index (χ4v) is 2.56. The van der Waals surface area contributed by atoms with E-state index in [0.29, 0.717) is 23.8 Å². The second-order valence-electron chi connectivity index (χ2n) is 3.84. The van der Waals surface area contributed by atoms with E-state index in [1.165, 1.54) is 19.5 Å². The van der Waals surface area contributed by atoms with Gasteiger partial charge in [0.2, 0.25) is 0 Å². The van der Waals surface area contributed by atoms with Crippen molar-refractivity contribution in [2.75, 3.05) is 18.4 Å². The Hall–Kier alpha value is -2.22. The minimum Gasteiger partial charge on any atom is -0.493 e. The van der Waals surface area contributed by atoms with Crippen molar-refractivity contribution in [3.05, 3.63) is 30.6 Å². The summed E-state index contributed by atoms with van der Waals surface area (Å²) < 4.78 is 37.1. The van der Waals surface area contributed by atoms with Gasteiger partial charge < -0.3 is 9.47 Å². The zero-order chi connectivity index (χ0) is 14.6. The topological polar surface area (TPSA) is 93.3 Å². The van der Waals surface area contributed by atoms with Gasteiger partial charge in [0.25, 0.3) is 10.0 Å². The third-order valence-electron chi connectivity index (χ3n) is 2.50. The van der Waals surface area contributed by atoms with E-state index in [9.17, 15) is 8.42 Å². The summed E-state index contributed by atoms with van der Waals surface area (Å²) in [7, 11) is -2.14. The molecule has 0 aliphatic heterocycles. The molecule has 0 aliphatic rings. The normalized spacial score (nSPS) is 11.1. The number of hydrogen-bond donors (Lipinski definition) is 2. The first-order chi connectivity index (χ1) is 9.56. The Morgan fingerprint density at radius 3 is 2.75 bits per heavy atom. The standard InChI is InChI=1S/C12H15N3O4S/c1-3-19-12-6-9(4-5-11(12)18-2)15-20(16,17)10-7-13-14-8-10/h4-8,15H,3H2,1-2H3,(H,13,14). The van der Waals surface area contributed by atoms with E-state index in [4.69, 9.17) is 9.47 Å². The first-order valence-corrected chi connectivity index (χ1v) is 7.37. The van der Waals surface area contributed by atoms with Gasteiger partial charge in [-0.1, -0.05) is 0 Å². The molecule has 108 valence electrons. The molecule has 1 aromatic carbocycles. The van der Waals surface area contributed by atoms with Crippen LogP contribution < -0.4 is 14.2 Å². The van der Waals surface area contributed by atoms with E-state index < -0.39 is 10.0 Å². The zero-order valence-corrected chi connectivity index (χ0v) is 11.9. The van der Waals surface area contributed by atoms with Crippen LogP contribution in [0.2, 0.25) is 0 Å². The van der Waals surface area contributed by atoms with Crippen LogP contribution in [0.5, 0.6) is 11.5 Å². The molecule has 1 aromatic heterocycles. The Bertz CT molecular complexity index is 668. The Kier molecular flexibility index (Phi) is 4.14. The second kappa shape index (κ2) is 5.83. The molecule has 0 bridgehead atoms. The Balaban J connectivity index is 2.28. The third kappa shape index (κ3) is 3.02. The Morgan fingerprint density at radius 1 is 1.35 bits per heavy atom. The number of aromatic nitrogens is 2. The molecular weight excluding hydrogens is 282 g/mol.